The van der Waals surface area contributed by atoms with Crippen LogP contribution < -0.4 is 24.4 Å². The third kappa shape index (κ3) is 2.70. The third-order valence-corrected chi connectivity index (χ3v) is 5.61. The largest absolute Gasteiger partial charge is 0.497 e. The number of halogens is 1. The van der Waals surface area contributed by atoms with Crippen LogP contribution in [0, 0.1) is 0 Å². The van der Waals surface area contributed by atoms with E-state index < -0.39 is 5.72 Å². The molecule has 0 radical (unpaired) electrons. The normalized spacial score (nSPS) is 23.6. The van der Waals surface area contributed by atoms with Crippen molar-refractivity contribution in [2.75, 3.05) is 19.1 Å². The van der Waals surface area contributed by atoms with Gasteiger partial charge < -0.3 is 19.5 Å². The summed E-state index contributed by atoms with van der Waals surface area (Å²) in [5, 5.41) is 4.09. The Bertz CT molecular complexity index is 874. The zero-order chi connectivity index (χ0) is 18.5. The van der Waals surface area contributed by atoms with Gasteiger partial charge in [-0.2, -0.15) is 0 Å². The molecule has 2 aliphatic rings. The molecule has 0 unspecified atom stereocenters. The maximum absolute atomic E-state index is 6.48. The highest BCUT2D eigenvalue weighted by Crippen LogP contribution is 2.50. The van der Waals surface area contributed by atoms with E-state index in [1.165, 1.54) is 0 Å². The first-order valence-corrected chi connectivity index (χ1v) is 9.46. The van der Waals surface area contributed by atoms with Crippen molar-refractivity contribution in [1.29, 1.82) is 0 Å². The lowest BCUT2D eigenvalue weighted by atomic mass is 9.90. The molecule has 2 heterocycles. The van der Waals surface area contributed by atoms with Crippen LogP contribution in [-0.2, 0) is 0 Å². The van der Waals surface area contributed by atoms with Gasteiger partial charge in [0.25, 0.3) is 0 Å². The molecule has 0 aromatic heterocycles. The van der Waals surface area contributed by atoms with E-state index in [4.69, 9.17) is 26.4 Å². The fourth-order valence-electron chi connectivity index (χ4n) is 3.67. The number of thiocarbonyl (C=S) groups is 1. The Morgan fingerprint density at radius 1 is 1.23 bits per heavy atom. The molecule has 4 rings (SSSR count). The monoisotopic (exact) mass is 434 g/mol. The third-order valence-electron chi connectivity index (χ3n) is 4.85. The van der Waals surface area contributed by atoms with Crippen LogP contribution in [0.1, 0.15) is 24.9 Å². The number of anilines is 1. The van der Waals surface area contributed by atoms with Crippen LogP contribution >= 0.6 is 28.1 Å². The lowest BCUT2D eigenvalue weighted by molar-refractivity contribution is 0.0464. The molecule has 0 aliphatic carbocycles. The molecule has 0 amide bonds. The number of hydrogen-bond acceptors (Lipinski definition) is 4. The number of rotatable bonds is 3. The van der Waals surface area contributed by atoms with Gasteiger partial charge in [-0.25, -0.2) is 0 Å². The first kappa shape index (κ1) is 17.4. The SMILES string of the molecule is COc1ccc(N2C(=S)N[C@H]3C[C@@]2(C)Oc2c(OC)cc(Br)cc23)cc1. The van der Waals surface area contributed by atoms with Gasteiger partial charge in [-0.15, -0.1) is 0 Å². The van der Waals surface area contributed by atoms with Gasteiger partial charge in [0, 0.05) is 22.1 Å². The van der Waals surface area contributed by atoms with Crippen molar-refractivity contribution in [2.45, 2.75) is 25.1 Å². The molecule has 26 heavy (non-hydrogen) atoms. The maximum Gasteiger partial charge on any atom is 0.188 e. The second-order valence-electron chi connectivity index (χ2n) is 6.54. The molecule has 2 aromatic carbocycles. The standard InChI is InChI=1S/C19H19BrN2O3S/c1-19-10-15(14-8-11(20)9-16(24-3)17(14)25-19)21-18(26)22(19)12-4-6-13(23-2)7-5-12/h4-9,15H,10H2,1-3H3,(H,21,26)/t15-,19+/m0/s1. The van der Waals surface area contributed by atoms with Crippen molar-refractivity contribution in [1.82, 2.24) is 5.32 Å². The number of hydrogen-bond donors (Lipinski definition) is 1. The number of benzene rings is 2. The van der Waals surface area contributed by atoms with Crippen molar-refractivity contribution in [3.8, 4) is 17.2 Å². The van der Waals surface area contributed by atoms with E-state index in [1.807, 2.05) is 35.2 Å². The molecule has 1 saturated heterocycles. The molecular weight excluding hydrogens is 416 g/mol. The summed E-state index contributed by atoms with van der Waals surface area (Å²) in [4.78, 5) is 2.02. The number of ether oxygens (including phenoxy) is 3. The Kier molecular flexibility index (Phi) is 4.23. The molecule has 2 aliphatic heterocycles. The molecule has 7 heteroatoms. The molecule has 2 aromatic rings. The van der Waals surface area contributed by atoms with Crippen molar-refractivity contribution in [3.63, 3.8) is 0 Å². The van der Waals surface area contributed by atoms with Gasteiger partial charge in [0.15, 0.2) is 22.3 Å². The van der Waals surface area contributed by atoms with E-state index in [9.17, 15) is 0 Å². The minimum absolute atomic E-state index is 0.0668. The molecule has 2 atom stereocenters. The van der Waals surface area contributed by atoms with Gasteiger partial charge >= 0.3 is 0 Å². The van der Waals surface area contributed by atoms with Crippen molar-refractivity contribution in [2.24, 2.45) is 0 Å². The molecule has 2 bridgehead atoms. The van der Waals surface area contributed by atoms with Crippen molar-refractivity contribution in [3.05, 3.63) is 46.4 Å². The average Bonchev–Trinajstić information content (AvgIpc) is 2.62. The number of methoxy groups -OCH3 is 2. The first-order chi connectivity index (χ1) is 12.4. The van der Waals surface area contributed by atoms with Crippen LogP contribution in [0.25, 0.3) is 0 Å². The number of nitrogens with one attached hydrogen (secondary N) is 1. The minimum atomic E-state index is -0.615. The van der Waals surface area contributed by atoms with Gasteiger partial charge in [0.1, 0.15) is 5.75 Å². The average molecular weight is 435 g/mol. The smallest absolute Gasteiger partial charge is 0.188 e. The molecule has 5 nitrogen and oxygen atoms in total. The first-order valence-electron chi connectivity index (χ1n) is 8.26. The van der Waals surface area contributed by atoms with Crippen molar-refractivity contribution < 1.29 is 14.2 Å². The molecule has 136 valence electrons. The quantitative estimate of drug-likeness (QED) is 0.722. The molecule has 1 N–H and O–H groups in total. The second-order valence-corrected chi connectivity index (χ2v) is 7.85. The summed E-state index contributed by atoms with van der Waals surface area (Å²) in [7, 11) is 3.30. The van der Waals surface area contributed by atoms with Gasteiger partial charge in [0.2, 0.25) is 0 Å². The van der Waals surface area contributed by atoms with Crippen LogP contribution in [0.3, 0.4) is 0 Å². The highest BCUT2D eigenvalue weighted by Gasteiger charge is 2.49. The van der Waals surface area contributed by atoms with Gasteiger partial charge in [-0.05, 0) is 55.5 Å². The summed E-state index contributed by atoms with van der Waals surface area (Å²) < 4.78 is 18.2. The Morgan fingerprint density at radius 3 is 2.62 bits per heavy atom. The predicted molar refractivity (Wildman–Crippen MR) is 108 cm³/mol. The summed E-state index contributed by atoms with van der Waals surface area (Å²) in [5.41, 5.74) is 1.38. The summed E-state index contributed by atoms with van der Waals surface area (Å²) in [6, 6.07) is 11.8. The molecule has 0 saturated carbocycles. The molecular formula is C19H19BrN2O3S. The minimum Gasteiger partial charge on any atom is -0.497 e. The van der Waals surface area contributed by atoms with Crippen LogP contribution in [-0.4, -0.2) is 25.1 Å². The zero-order valence-electron chi connectivity index (χ0n) is 14.7. The summed E-state index contributed by atoms with van der Waals surface area (Å²) >= 11 is 9.22. The van der Waals surface area contributed by atoms with Crippen LogP contribution in [0.15, 0.2) is 40.9 Å². The van der Waals surface area contributed by atoms with E-state index in [-0.39, 0.29) is 6.04 Å². The van der Waals surface area contributed by atoms with Gasteiger partial charge in [-0.3, -0.25) is 4.90 Å². The van der Waals surface area contributed by atoms with E-state index in [1.54, 1.807) is 14.2 Å². The van der Waals surface area contributed by atoms with E-state index >= 15 is 0 Å². The highest BCUT2D eigenvalue weighted by molar-refractivity contribution is 9.10. The van der Waals surface area contributed by atoms with E-state index in [2.05, 4.69) is 34.2 Å². The Hall–Kier alpha value is -1.99. The highest BCUT2D eigenvalue weighted by atomic mass is 79.9. The van der Waals surface area contributed by atoms with Crippen molar-refractivity contribution >= 4 is 38.9 Å². The lowest BCUT2D eigenvalue weighted by Gasteiger charge is -2.52. The fraction of sp³-hybridized carbons (Fsp3) is 0.316. The van der Waals surface area contributed by atoms with Gasteiger partial charge in [-0.1, -0.05) is 15.9 Å². The van der Waals surface area contributed by atoms with Crippen LogP contribution in [0.2, 0.25) is 0 Å². The lowest BCUT2D eigenvalue weighted by Crippen LogP contribution is -2.65. The van der Waals surface area contributed by atoms with Gasteiger partial charge in [0.05, 0.1) is 20.3 Å². The summed E-state index contributed by atoms with van der Waals surface area (Å²) in [6.45, 7) is 2.06. The molecule has 0 spiro atoms. The molecule has 1 fully saturated rings. The van der Waals surface area contributed by atoms with E-state index in [0.29, 0.717) is 10.9 Å². The Morgan fingerprint density at radius 2 is 1.96 bits per heavy atom. The number of nitrogens with zero attached hydrogens (tertiary/aromatic N) is 1. The van der Waals surface area contributed by atoms with Crippen LogP contribution in [0.4, 0.5) is 5.69 Å². The second kappa shape index (κ2) is 6.32. The zero-order valence-corrected chi connectivity index (χ0v) is 17.1. The number of fused-ring (bicyclic) bond motifs is 4. The summed E-state index contributed by atoms with van der Waals surface area (Å²) in [5.74, 6) is 2.26. The topological polar surface area (TPSA) is 43.0 Å². The fourth-order valence-corrected chi connectivity index (χ4v) is 4.57. The summed E-state index contributed by atoms with van der Waals surface area (Å²) in [6.07, 6.45) is 0.756. The van der Waals surface area contributed by atoms with Crippen LogP contribution in [0.5, 0.6) is 17.2 Å². The predicted octanol–water partition coefficient (Wildman–Crippen LogP) is 4.40. The Balaban J connectivity index is 1.79. The Labute approximate surface area is 166 Å². The van der Waals surface area contributed by atoms with E-state index in [0.717, 1.165) is 33.6 Å². The maximum atomic E-state index is 6.48.